The van der Waals surface area contributed by atoms with E-state index in [-0.39, 0.29) is 0 Å². The van der Waals surface area contributed by atoms with Crippen LogP contribution in [0, 0.1) is 0 Å². The number of aromatic nitrogens is 1. The molecule has 1 aromatic carbocycles. The van der Waals surface area contributed by atoms with Gasteiger partial charge in [0.2, 0.25) is 0 Å². The van der Waals surface area contributed by atoms with Crippen LogP contribution in [0.15, 0.2) is 71.2 Å². The zero-order chi connectivity index (χ0) is 25.2. The van der Waals surface area contributed by atoms with E-state index in [0.29, 0.717) is 47.7 Å². The molecule has 3 heterocycles. The zero-order valence-corrected chi connectivity index (χ0v) is 20.6. The predicted octanol–water partition coefficient (Wildman–Crippen LogP) is 3.28. The molecule has 1 saturated heterocycles. The molecule has 8 nitrogen and oxygen atoms in total. The third kappa shape index (κ3) is 5.22. The maximum atomic E-state index is 13.7. The number of anilines is 1. The molecule has 0 aliphatic carbocycles. The van der Waals surface area contributed by atoms with E-state index >= 15 is 0 Å². The number of carbonyl (C=O) groups is 2. The monoisotopic (exact) mass is 476 g/mol. The molecule has 0 bridgehead atoms. The van der Waals surface area contributed by atoms with Crippen LogP contribution in [0.25, 0.3) is 0 Å². The number of hydrogen-bond donors (Lipinski definition) is 2. The fourth-order valence-corrected chi connectivity index (χ4v) is 4.96. The van der Waals surface area contributed by atoms with Crippen molar-refractivity contribution in [3.63, 3.8) is 0 Å². The molecule has 2 aliphatic heterocycles. The number of esters is 2. The van der Waals surface area contributed by atoms with E-state index < -0.39 is 23.5 Å². The van der Waals surface area contributed by atoms with E-state index in [0.717, 1.165) is 17.8 Å². The molecule has 0 spiro atoms. The van der Waals surface area contributed by atoms with Crippen molar-refractivity contribution in [3.8, 4) is 0 Å². The molecule has 184 valence electrons. The van der Waals surface area contributed by atoms with Crippen LogP contribution in [0.4, 0.5) is 5.69 Å². The Balaban J connectivity index is 1.61. The van der Waals surface area contributed by atoms with Gasteiger partial charge in [-0.05, 0) is 50.6 Å². The molecular formula is C27H32N4O4. The van der Waals surface area contributed by atoms with Crippen molar-refractivity contribution in [2.45, 2.75) is 45.3 Å². The fraction of sp³-hybridized carbons (Fsp3) is 0.370. The third-order valence-corrected chi connectivity index (χ3v) is 6.60. The van der Waals surface area contributed by atoms with Crippen molar-refractivity contribution in [1.82, 2.24) is 15.2 Å². The Morgan fingerprint density at radius 3 is 2.54 bits per heavy atom. The summed E-state index contributed by atoms with van der Waals surface area (Å²) in [5, 5.41) is 3.18. The van der Waals surface area contributed by atoms with Gasteiger partial charge in [0.15, 0.2) is 0 Å². The highest BCUT2D eigenvalue weighted by molar-refractivity contribution is 6.00. The summed E-state index contributed by atoms with van der Waals surface area (Å²) in [6.07, 6.45) is 2.48. The number of ether oxygens (including phenoxy) is 2. The van der Waals surface area contributed by atoms with E-state index in [1.165, 1.54) is 7.11 Å². The summed E-state index contributed by atoms with van der Waals surface area (Å²) in [7, 11) is 1.33. The van der Waals surface area contributed by atoms with Crippen LogP contribution in [0.3, 0.4) is 0 Å². The van der Waals surface area contributed by atoms with Crippen LogP contribution >= 0.6 is 0 Å². The smallest absolute Gasteiger partial charge is 0.337 e. The molecule has 2 aliphatic rings. The van der Waals surface area contributed by atoms with E-state index in [1.54, 1.807) is 25.3 Å². The number of benzene rings is 1. The van der Waals surface area contributed by atoms with Crippen LogP contribution in [-0.4, -0.2) is 47.6 Å². The Bertz CT molecular complexity index is 1190. The SMILES string of the molecule is COC(=O)C1=C(C)NC(C)=C(C(=O)OC2(C)CCN(Cc3ccccn3)C2)C1c1cccc(N)c1. The number of likely N-dealkylation sites (tertiary alicyclic amines) is 1. The van der Waals surface area contributed by atoms with Gasteiger partial charge >= 0.3 is 11.9 Å². The molecular weight excluding hydrogens is 444 g/mol. The first-order valence-electron chi connectivity index (χ1n) is 11.7. The number of methoxy groups -OCH3 is 1. The van der Waals surface area contributed by atoms with Crippen LogP contribution in [0.5, 0.6) is 0 Å². The molecule has 0 radical (unpaired) electrons. The minimum Gasteiger partial charge on any atom is -0.466 e. The van der Waals surface area contributed by atoms with Gasteiger partial charge < -0.3 is 20.5 Å². The summed E-state index contributed by atoms with van der Waals surface area (Å²) in [5.41, 5.74) is 9.65. The molecule has 1 fully saturated rings. The van der Waals surface area contributed by atoms with Gasteiger partial charge in [0.25, 0.3) is 0 Å². The topological polar surface area (TPSA) is 107 Å². The first kappa shape index (κ1) is 24.5. The summed E-state index contributed by atoms with van der Waals surface area (Å²) in [6, 6.07) is 13.1. The van der Waals surface area contributed by atoms with E-state index in [9.17, 15) is 9.59 Å². The lowest BCUT2D eigenvalue weighted by atomic mass is 9.80. The number of nitrogens with two attached hydrogens (primary N) is 1. The van der Waals surface area contributed by atoms with Gasteiger partial charge in [-0.25, -0.2) is 9.59 Å². The molecule has 1 aromatic heterocycles. The van der Waals surface area contributed by atoms with Gasteiger partial charge in [-0.2, -0.15) is 0 Å². The molecule has 0 saturated carbocycles. The summed E-state index contributed by atoms with van der Waals surface area (Å²) in [5.74, 6) is -1.62. The minimum atomic E-state index is -0.666. The molecule has 4 rings (SSSR count). The van der Waals surface area contributed by atoms with E-state index in [2.05, 4.69) is 15.2 Å². The number of carbonyl (C=O) groups excluding carboxylic acids is 2. The fourth-order valence-electron chi connectivity index (χ4n) is 4.96. The second-order valence-electron chi connectivity index (χ2n) is 9.42. The summed E-state index contributed by atoms with van der Waals surface area (Å²) >= 11 is 0. The van der Waals surface area contributed by atoms with Crippen LogP contribution in [-0.2, 0) is 25.6 Å². The minimum absolute atomic E-state index is 0.365. The second-order valence-corrected chi connectivity index (χ2v) is 9.42. The summed E-state index contributed by atoms with van der Waals surface area (Å²) in [4.78, 5) is 33.1. The Labute approximate surface area is 205 Å². The maximum Gasteiger partial charge on any atom is 0.337 e. The number of hydrogen-bond acceptors (Lipinski definition) is 8. The number of nitrogens with one attached hydrogen (secondary N) is 1. The van der Waals surface area contributed by atoms with Crippen LogP contribution < -0.4 is 11.1 Å². The van der Waals surface area contributed by atoms with Crippen molar-refractivity contribution < 1.29 is 19.1 Å². The number of nitrogens with zero attached hydrogens (tertiary/aromatic N) is 2. The van der Waals surface area contributed by atoms with Gasteiger partial charge in [0.05, 0.1) is 29.9 Å². The second kappa shape index (κ2) is 9.92. The lowest BCUT2D eigenvalue weighted by Gasteiger charge is -2.33. The molecule has 2 unspecified atom stereocenters. The number of pyridine rings is 1. The van der Waals surface area contributed by atoms with E-state index in [1.807, 2.05) is 44.2 Å². The highest BCUT2D eigenvalue weighted by Crippen LogP contribution is 2.40. The summed E-state index contributed by atoms with van der Waals surface area (Å²) in [6.45, 7) is 7.64. The van der Waals surface area contributed by atoms with Crippen molar-refractivity contribution in [2.75, 3.05) is 25.9 Å². The highest BCUT2D eigenvalue weighted by Gasteiger charge is 2.42. The van der Waals surface area contributed by atoms with Crippen molar-refractivity contribution in [3.05, 3.63) is 82.5 Å². The van der Waals surface area contributed by atoms with Gasteiger partial charge in [0.1, 0.15) is 5.60 Å². The Morgan fingerprint density at radius 1 is 1.14 bits per heavy atom. The standard InChI is InChI=1S/C27H32N4O4/c1-17-22(25(32)34-4)24(19-8-7-9-20(28)14-19)23(18(2)30-17)26(33)35-27(3)11-13-31(16-27)15-21-10-5-6-12-29-21/h5-10,12,14,24,30H,11,13,15-16,28H2,1-4H3. The van der Waals surface area contributed by atoms with E-state index in [4.69, 9.17) is 15.2 Å². The quantitative estimate of drug-likeness (QED) is 0.483. The highest BCUT2D eigenvalue weighted by atomic mass is 16.6. The largest absolute Gasteiger partial charge is 0.466 e. The number of rotatable bonds is 6. The Hall–Kier alpha value is -3.65. The first-order chi connectivity index (χ1) is 16.7. The zero-order valence-electron chi connectivity index (χ0n) is 20.6. The number of nitrogen functional groups attached to an aromatic ring is 1. The molecule has 35 heavy (non-hydrogen) atoms. The lowest BCUT2D eigenvalue weighted by molar-refractivity contribution is -0.152. The average molecular weight is 477 g/mol. The molecule has 2 aromatic rings. The van der Waals surface area contributed by atoms with Gasteiger partial charge in [-0.15, -0.1) is 0 Å². The number of dihydropyridines is 1. The van der Waals surface area contributed by atoms with Crippen LogP contribution in [0.2, 0.25) is 0 Å². The predicted molar refractivity (Wildman–Crippen MR) is 133 cm³/mol. The van der Waals surface area contributed by atoms with Crippen molar-refractivity contribution in [1.29, 1.82) is 0 Å². The molecule has 2 atom stereocenters. The molecule has 0 amide bonds. The van der Waals surface area contributed by atoms with Gasteiger partial charge in [-0.1, -0.05) is 18.2 Å². The Kier molecular flexibility index (Phi) is 6.93. The number of allylic oxidation sites excluding steroid dienone is 2. The first-order valence-corrected chi connectivity index (χ1v) is 11.7. The van der Waals surface area contributed by atoms with Crippen LogP contribution in [0.1, 0.15) is 44.4 Å². The normalized spacial score (nSPS) is 22.7. The van der Waals surface area contributed by atoms with Gasteiger partial charge in [-0.3, -0.25) is 9.88 Å². The third-order valence-electron chi connectivity index (χ3n) is 6.60. The summed E-state index contributed by atoms with van der Waals surface area (Å²) < 4.78 is 11.2. The average Bonchev–Trinajstić information content (AvgIpc) is 3.18. The van der Waals surface area contributed by atoms with Crippen molar-refractivity contribution >= 4 is 17.6 Å². The maximum absolute atomic E-state index is 13.7. The Morgan fingerprint density at radius 2 is 1.89 bits per heavy atom. The van der Waals surface area contributed by atoms with Gasteiger partial charge in [0, 0.05) is 49.3 Å². The molecule has 3 N–H and O–H groups in total. The lowest BCUT2D eigenvalue weighted by Crippen LogP contribution is -2.39. The molecule has 8 heteroatoms. The van der Waals surface area contributed by atoms with Crippen molar-refractivity contribution in [2.24, 2.45) is 0 Å².